The molecule has 0 radical (unpaired) electrons. The molecule has 1 aromatic carbocycles. The lowest BCUT2D eigenvalue weighted by Gasteiger charge is -2.32. The van der Waals surface area contributed by atoms with Crippen molar-refractivity contribution in [2.75, 3.05) is 24.5 Å². The van der Waals surface area contributed by atoms with Crippen LogP contribution in [0, 0.1) is 23.1 Å². The molecule has 1 aliphatic heterocycles. The Bertz CT molecular complexity index is 779. The van der Waals surface area contributed by atoms with Crippen molar-refractivity contribution in [1.82, 2.24) is 15.3 Å². The fraction of sp³-hybridized carbons (Fsp3) is 0.333. The lowest BCUT2D eigenvalue weighted by molar-refractivity contribution is 0.0945. The quantitative estimate of drug-likeness (QED) is 0.923. The van der Waals surface area contributed by atoms with Crippen LogP contribution in [0.2, 0.25) is 0 Å². The van der Waals surface area contributed by atoms with Gasteiger partial charge in [0, 0.05) is 37.6 Å². The predicted molar refractivity (Wildman–Crippen MR) is 90.4 cm³/mol. The molecule has 1 aliphatic rings. The topological polar surface area (TPSA) is 81.9 Å². The van der Waals surface area contributed by atoms with Crippen molar-refractivity contribution in [2.24, 2.45) is 5.92 Å². The number of nitrogens with one attached hydrogen (secondary N) is 1. The average molecular weight is 339 g/mol. The summed E-state index contributed by atoms with van der Waals surface area (Å²) in [6, 6.07) is 7.58. The number of hydrogen-bond acceptors (Lipinski definition) is 5. The van der Waals surface area contributed by atoms with Crippen molar-refractivity contribution in [1.29, 1.82) is 5.26 Å². The van der Waals surface area contributed by atoms with Gasteiger partial charge < -0.3 is 10.2 Å². The van der Waals surface area contributed by atoms with Gasteiger partial charge in [0.1, 0.15) is 11.9 Å². The third-order valence-corrected chi connectivity index (χ3v) is 4.36. The Balaban J connectivity index is 1.50. The molecule has 6 nitrogen and oxygen atoms in total. The number of anilines is 1. The van der Waals surface area contributed by atoms with Gasteiger partial charge in [0.25, 0.3) is 5.91 Å². The Labute approximate surface area is 145 Å². The number of piperidine rings is 1. The molecule has 1 aromatic heterocycles. The molecule has 1 N–H and O–H groups in total. The van der Waals surface area contributed by atoms with E-state index in [1.807, 2.05) is 0 Å². The first kappa shape index (κ1) is 16.8. The normalized spacial score (nSPS) is 14.8. The third-order valence-electron chi connectivity index (χ3n) is 4.36. The Morgan fingerprint density at radius 2 is 1.92 bits per heavy atom. The van der Waals surface area contributed by atoms with Gasteiger partial charge in [-0.25, -0.2) is 14.4 Å². The SMILES string of the molecule is N#Cc1nccnc1N1CCC(CNC(=O)c2ccc(F)cc2)CC1. The summed E-state index contributed by atoms with van der Waals surface area (Å²) in [5, 5.41) is 12.0. The minimum Gasteiger partial charge on any atom is -0.354 e. The van der Waals surface area contributed by atoms with Crippen LogP contribution < -0.4 is 10.2 Å². The highest BCUT2D eigenvalue weighted by Crippen LogP contribution is 2.22. The average Bonchev–Trinajstić information content (AvgIpc) is 2.67. The second-order valence-corrected chi connectivity index (χ2v) is 5.99. The largest absolute Gasteiger partial charge is 0.354 e. The molecule has 1 saturated heterocycles. The lowest BCUT2D eigenvalue weighted by atomic mass is 9.96. The van der Waals surface area contributed by atoms with E-state index in [2.05, 4.69) is 26.3 Å². The number of halogens is 1. The molecule has 1 fully saturated rings. The fourth-order valence-corrected chi connectivity index (χ4v) is 2.93. The van der Waals surface area contributed by atoms with Crippen LogP contribution in [0.5, 0.6) is 0 Å². The summed E-state index contributed by atoms with van der Waals surface area (Å²) in [5.41, 5.74) is 0.794. The molecule has 1 amide bonds. The molecule has 2 aromatic rings. The van der Waals surface area contributed by atoms with Crippen LogP contribution in [0.3, 0.4) is 0 Å². The van der Waals surface area contributed by atoms with Gasteiger partial charge in [-0.3, -0.25) is 4.79 Å². The molecular weight excluding hydrogens is 321 g/mol. The zero-order valence-corrected chi connectivity index (χ0v) is 13.7. The number of rotatable bonds is 4. The van der Waals surface area contributed by atoms with Gasteiger partial charge in [-0.15, -0.1) is 0 Å². The summed E-state index contributed by atoms with van der Waals surface area (Å²) in [4.78, 5) is 22.4. The minimum absolute atomic E-state index is 0.192. The van der Waals surface area contributed by atoms with Gasteiger partial charge in [-0.1, -0.05) is 0 Å². The molecule has 0 saturated carbocycles. The van der Waals surface area contributed by atoms with Crippen LogP contribution >= 0.6 is 0 Å². The first-order valence-electron chi connectivity index (χ1n) is 8.17. The van der Waals surface area contributed by atoms with Gasteiger partial charge in [0.05, 0.1) is 0 Å². The van der Waals surface area contributed by atoms with E-state index < -0.39 is 0 Å². The van der Waals surface area contributed by atoms with E-state index >= 15 is 0 Å². The van der Waals surface area contributed by atoms with E-state index in [1.54, 1.807) is 6.20 Å². The maximum Gasteiger partial charge on any atom is 0.251 e. The molecular formula is C18H18FN5O. The highest BCUT2D eigenvalue weighted by atomic mass is 19.1. The second kappa shape index (κ2) is 7.71. The molecule has 0 aliphatic carbocycles. The highest BCUT2D eigenvalue weighted by molar-refractivity contribution is 5.94. The maximum absolute atomic E-state index is 12.9. The number of amides is 1. The zero-order chi connectivity index (χ0) is 17.6. The van der Waals surface area contributed by atoms with E-state index in [0.717, 1.165) is 25.9 Å². The first-order valence-corrected chi connectivity index (χ1v) is 8.17. The number of carbonyl (C=O) groups excluding carboxylic acids is 1. The summed E-state index contributed by atoms with van der Waals surface area (Å²) in [5.74, 6) is 0.439. The molecule has 0 unspecified atom stereocenters. The van der Waals surface area contributed by atoms with Crippen LogP contribution in [0.4, 0.5) is 10.2 Å². The molecule has 2 heterocycles. The fourth-order valence-electron chi connectivity index (χ4n) is 2.93. The summed E-state index contributed by atoms with van der Waals surface area (Å²) < 4.78 is 12.9. The van der Waals surface area contributed by atoms with Crippen molar-refractivity contribution >= 4 is 11.7 Å². The van der Waals surface area contributed by atoms with Crippen LogP contribution in [0.25, 0.3) is 0 Å². The molecule has 0 atom stereocenters. The number of carbonyl (C=O) groups is 1. The van der Waals surface area contributed by atoms with E-state index in [9.17, 15) is 9.18 Å². The van der Waals surface area contributed by atoms with Crippen molar-refractivity contribution in [3.05, 3.63) is 53.7 Å². The van der Waals surface area contributed by atoms with Crippen molar-refractivity contribution in [2.45, 2.75) is 12.8 Å². The Hall–Kier alpha value is -3.01. The molecule has 25 heavy (non-hydrogen) atoms. The Morgan fingerprint density at radius 1 is 1.24 bits per heavy atom. The number of hydrogen-bond donors (Lipinski definition) is 1. The van der Waals surface area contributed by atoms with Gasteiger partial charge in [0.2, 0.25) is 0 Å². The second-order valence-electron chi connectivity index (χ2n) is 5.99. The molecule has 0 spiro atoms. The van der Waals surface area contributed by atoms with Gasteiger partial charge >= 0.3 is 0 Å². The first-order chi connectivity index (χ1) is 12.2. The van der Waals surface area contributed by atoms with Crippen LogP contribution in [0.15, 0.2) is 36.7 Å². The zero-order valence-electron chi connectivity index (χ0n) is 13.7. The molecule has 0 bridgehead atoms. The standard InChI is InChI=1S/C18H18FN5O/c19-15-3-1-14(2-4-15)18(25)23-12-13-5-9-24(10-6-13)17-16(11-20)21-7-8-22-17/h1-4,7-8,13H,5-6,9-10,12H2,(H,23,25). The Kier molecular flexibility index (Phi) is 5.19. The van der Waals surface area contributed by atoms with E-state index in [0.29, 0.717) is 29.5 Å². The van der Waals surface area contributed by atoms with Crippen LogP contribution in [-0.4, -0.2) is 35.5 Å². The monoisotopic (exact) mass is 339 g/mol. The van der Waals surface area contributed by atoms with Gasteiger partial charge in [-0.2, -0.15) is 5.26 Å². The Morgan fingerprint density at radius 3 is 2.60 bits per heavy atom. The number of nitrogens with zero attached hydrogens (tertiary/aromatic N) is 4. The number of aromatic nitrogens is 2. The van der Waals surface area contributed by atoms with Gasteiger partial charge in [0.15, 0.2) is 11.5 Å². The number of nitriles is 1. The van der Waals surface area contributed by atoms with Crippen molar-refractivity contribution in [3.63, 3.8) is 0 Å². The molecule has 3 rings (SSSR count). The predicted octanol–water partition coefficient (Wildman–Crippen LogP) is 2.13. The smallest absolute Gasteiger partial charge is 0.251 e. The molecule has 128 valence electrons. The summed E-state index contributed by atoms with van der Waals surface area (Å²) >= 11 is 0. The van der Waals surface area contributed by atoms with Crippen molar-refractivity contribution < 1.29 is 9.18 Å². The lowest BCUT2D eigenvalue weighted by Crippen LogP contribution is -2.39. The summed E-state index contributed by atoms with van der Waals surface area (Å²) in [6.07, 6.45) is 4.89. The number of benzene rings is 1. The van der Waals surface area contributed by atoms with E-state index in [-0.39, 0.29) is 11.7 Å². The summed E-state index contributed by atoms with van der Waals surface area (Å²) in [6.45, 7) is 2.12. The van der Waals surface area contributed by atoms with Crippen molar-refractivity contribution in [3.8, 4) is 6.07 Å². The highest BCUT2D eigenvalue weighted by Gasteiger charge is 2.22. The van der Waals surface area contributed by atoms with Crippen LogP contribution in [-0.2, 0) is 0 Å². The minimum atomic E-state index is -0.357. The maximum atomic E-state index is 12.9. The van der Waals surface area contributed by atoms with Crippen LogP contribution in [0.1, 0.15) is 28.9 Å². The molecule has 7 heteroatoms. The van der Waals surface area contributed by atoms with E-state index in [4.69, 9.17) is 5.26 Å². The third kappa shape index (κ3) is 4.10. The van der Waals surface area contributed by atoms with Gasteiger partial charge in [-0.05, 0) is 43.0 Å². The summed E-state index contributed by atoms with van der Waals surface area (Å²) in [7, 11) is 0. The van der Waals surface area contributed by atoms with E-state index in [1.165, 1.54) is 30.5 Å².